The Bertz CT molecular complexity index is 1800. The van der Waals surface area contributed by atoms with Gasteiger partial charge in [0.25, 0.3) is 0 Å². The second-order valence-electron chi connectivity index (χ2n) is 16.5. The molecular formula is C38H61N13O15. The number of hydrogen-bond acceptors (Lipinski definition) is 17. The normalized spacial score (nSPS) is 25.9. The molecule has 0 saturated carbocycles. The standard InChI is InChI=1S/C38H61N13O15/c39-38(40)41-5-1-2-24-34(62)42-17-27(52)44-25(15-28(53)54)35(63)46-33-22(14-23-3-4-26(36(64)45-24)51(23)37(33)65)16-43-66-32(61)21-50-12-10-48(19-30(57)58)8-6-47(18-29(55)56)7-9-49(11-13-50)20-31(59)60/h22-26,33,43H,1-21H2,(H,42,62)(H,44,52)(H,45,64)(H,46,63)(H,53,54)(H,55,56)(H,57,58)(H,59,60)(H4,39,40,41)/t22-,23-,24-,25-,26-,33+/m0/s1. The SMILES string of the molecule is NC(N)=NCCC[C@@H]1NC(=O)[C@@H]2CC[C@H]3C[C@@H](CNOC(=O)CN4CCN(CC(=O)O)CCN(CC(=O)O)CCN(CC(=O)O)CC4)[C@@H](NC(=O)[C@H](CC(=O)O)NC(=O)CNC1=O)C(=O)N32. The van der Waals surface area contributed by atoms with E-state index in [2.05, 4.69) is 31.7 Å². The molecule has 2 bridgehead atoms. The van der Waals surface area contributed by atoms with Crippen molar-refractivity contribution in [2.24, 2.45) is 22.4 Å². The van der Waals surface area contributed by atoms with E-state index in [1.54, 1.807) is 19.6 Å². The number of carbonyl (C=O) groups is 10. The minimum Gasteiger partial charge on any atom is -0.481 e. The third-order valence-electron chi connectivity index (χ3n) is 11.6. The first-order valence-corrected chi connectivity index (χ1v) is 21.5. The fourth-order valence-electron chi connectivity index (χ4n) is 8.38. The molecule has 66 heavy (non-hydrogen) atoms. The first kappa shape index (κ1) is 52.4. The second kappa shape index (κ2) is 25.5. The van der Waals surface area contributed by atoms with Gasteiger partial charge in [0, 0.05) is 77.4 Å². The summed E-state index contributed by atoms with van der Waals surface area (Å²) in [5.41, 5.74) is 13.4. The molecule has 4 rings (SSSR count). The topological polar surface area (TPSA) is 402 Å². The number of carbonyl (C=O) groups excluding carboxylic acids is 6. The van der Waals surface area contributed by atoms with Crippen molar-refractivity contribution in [3.05, 3.63) is 0 Å². The highest BCUT2D eigenvalue weighted by molar-refractivity contribution is 5.98. The number of nitrogens with zero attached hydrogens (tertiary/aromatic N) is 6. The monoisotopic (exact) mass is 939 g/mol. The minimum absolute atomic E-state index is 0.0377. The molecule has 0 spiro atoms. The lowest BCUT2D eigenvalue weighted by atomic mass is 9.86. The second-order valence-corrected chi connectivity index (χ2v) is 16.5. The molecule has 5 amide bonds. The number of carboxylic acid groups (broad SMARTS) is 4. The molecule has 6 atom stereocenters. The number of aliphatic carboxylic acids is 4. The molecule has 0 unspecified atom stereocenters. The maximum atomic E-state index is 14.4. The summed E-state index contributed by atoms with van der Waals surface area (Å²) in [5.74, 6) is -10.7. The molecule has 4 fully saturated rings. The first-order valence-electron chi connectivity index (χ1n) is 21.5. The van der Waals surface area contributed by atoms with Gasteiger partial charge in [0.2, 0.25) is 29.5 Å². The number of hydroxylamine groups is 1. The van der Waals surface area contributed by atoms with Crippen LogP contribution in [0.3, 0.4) is 0 Å². The summed E-state index contributed by atoms with van der Waals surface area (Å²) in [4.78, 5) is 145. The van der Waals surface area contributed by atoms with E-state index in [-0.39, 0.29) is 123 Å². The van der Waals surface area contributed by atoms with Crippen molar-refractivity contribution >= 4 is 65.3 Å². The fourth-order valence-corrected chi connectivity index (χ4v) is 8.38. The van der Waals surface area contributed by atoms with Crippen LogP contribution in [0.4, 0.5) is 0 Å². The summed E-state index contributed by atoms with van der Waals surface area (Å²) >= 11 is 0. The number of nitrogens with two attached hydrogens (primary N) is 2. The van der Waals surface area contributed by atoms with Crippen LogP contribution >= 0.6 is 0 Å². The van der Waals surface area contributed by atoms with Crippen molar-refractivity contribution in [3.63, 3.8) is 0 Å². The lowest BCUT2D eigenvalue weighted by molar-refractivity contribution is -0.155. The molecule has 4 aliphatic rings. The maximum Gasteiger partial charge on any atom is 0.338 e. The quantitative estimate of drug-likeness (QED) is 0.0279. The predicted octanol–water partition coefficient (Wildman–Crippen LogP) is -7.00. The van der Waals surface area contributed by atoms with Crippen molar-refractivity contribution in [1.29, 1.82) is 0 Å². The van der Waals surface area contributed by atoms with Crippen LogP contribution in [-0.2, 0) is 52.8 Å². The number of rotatable bonds is 17. The number of fused-ring (bicyclic) bond motifs is 1. The Balaban J connectivity index is 1.50. The summed E-state index contributed by atoms with van der Waals surface area (Å²) in [7, 11) is 0. The lowest BCUT2D eigenvalue weighted by Crippen LogP contribution is -2.65. The molecule has 13 N–H and O–H groups in total. The zero-order chi connectivity index (χ0) is 48.5. The van der Waals surface area contributed by atoms with Gasteiger partial charge >= 0.3 is 29.8 Å². The Morgan fingerprint density at radius 2 is 1.23 bits per heavy atom. The Kier molecular flexibility index (Phi) is 20.2. The van der Waals surface area contributed by atoms with E-state index in [4.69, 9.17) is 16.3 Å². The van der Waals surface area contributed by atoms with E-state index < -0.39 is 108 Å². The zero-order valence-electron chi connectivity index (χ0n) is 36.4. The molecule has 0 aromatic carbocycles. The molecule has 28 heteroatoms. The van der Waals surface area contributed by atoms with Crippen LogP contribution < -0.4 is 38.2 Å². The van der Waals surface area contributed by atoms with Crippen molar-refractivity contribution in [2.45, 2.75) is 68.7 Å². The zero-order valence-corrected chi connectivity index (χ0v) is 36.4. The highest BCUT2D eigenvalue weighted by atomic mass is 16.7. The fraction of sp³-hybridized carbons (Fsp3) is 0.711. The number of guanidine groups is 1. The summed E-state index contributed by atoms with van der Waals surface area (Å²) in [6.07, 6.45) is 0.0893. The molecule has 0 aromatic rings. The van der Waals surface area contributed by atoms with Crippen molar-refractivity contribution in [1.82, 2.24) is 51.2 Å². The number of amides is 5. The number of carboxylic acids is 4. The van der Waals surface area contributed by atoms with Gasteiger partial charge in [-0.05, 0) is 32.1 Å². The van der Waals surface area contributed by atoms with Gasteiger partial charge in [0.15, 0.2) is 5.96 Å². The van der Waals surface area contributed by atoms with E-state index in [9.17, 15) is 68.4 Å². The number of piperidine rings is 1. The van der Waals surface area contributed by atoms with Gasteiger partial charge in [0.05, 0.1) is 39.1 Å². The predicted molar refractivity (Wildman–Crippen MR) is 225 cm³/mol. The molecule has 368 valence electrons. The van der Waals surface area contributed by atoms with Gasteiger partial charge < -0.3 is 62.9 Å². The van der Waals surface area contributed by atoms with E-state index in [1.807, 2.05) is 0 Å². The van der Waals surface area contributed by atoms with Crippen LogP contribution in [0.2, 0.25) is 0 Å². The highest BCUT2D eigenvalue weighted by Gasteiger charge is 2.51. The Labute approximate surface area is 378 Å². The number of nitrogens with one attached hydrogen (secondary N) is 5. The Morgan fingerprint density at radius 1 is 0.682 bits per heavy atom. The van der Waals surface area contributed by atoms with Crippen LogP contribution in [0.15, 0.2) is 4.99 Å². The first-order chi connectivity index (χ1) is 31.3. The van der Waals surface area contributed by atoms with Gasteiger partial charge in [0.1, 0.15) is 24.2 Å². The summed E-state index contributed by atoms with van der Waals surface area (Å²) in [6, 6.07) is -5.90. The largest absolute Gasteiger partial charge is 0.481 e. The van der Waals surface area contributed by atoms with Crippen molar-refractivity contribution in [3.8, 4) is 0 Å². The molecule has 4 aliphatic heterocycles. The van der Waals surface area contributed by atoms with E-state index in [0.29, 0.717) is 6.42 Å². The average molecular weight is 940 g/mol. The van der Waals surface area contributed by atoms with Gasteiger partial charge in [-0.25, -0.2) is 4.79 Å². The van der Waals surface area contributed by atoms with Crippen molar-refractivity contribution in [2.75, 3.05) is 98.2 Å². The number of aliphatic imine (C=N–C) groups is 1. The van der Waals surface area contributed by atoms with Crippen LogP contribution in [0, 0.1) is 5.92 Å². The van der Waals surface area contributed by atoms with E-state index in [0.717, 1.165) is 0 Å². The van der Waals surface area contributed by atoms with Crippen LogP contribution in [0.1, 0.15) is 38.5 Å². The van der Waals surface area contributed by atoms with Gasteiger partial charge in [-0.15, -0.1) is 0 Å². The maximum absolute atomic E-state index is 14.4. The van der Waals surface area contributed by atoms with E-state index >= 15 is 0 Å². The van der Waals surface area contributed by atoms with Crippen molar-refractivity contribution < 1.29 is 73.2 Å². The average Bonchev–Trinajstić information content (AvgIpc) is 3.66. The lowest BCUT2D eigenvalue weighted by Gasteiger charge is -2.42. The number of hydrogen-bond donors (Lipinski definition) is 11. The van der Waals surface area contributed by atoms with E-state index in [1.165, 1.54) is 4.90 Å². The summed E-state index contributed by atoms with van der Waals surface area (Å²) in [6.45, 7) is -0.940. The molecule has 28 nitrogen and oxygen atoms in total. The van der Waals surface area contributed by atoms with Crippen LogP contribution in [-0.4, -0.2) is 239 Å². The molecule has 0 aliphatic carbocycles. The highest BCUT2D eigenvalue weighted by Crippen LogP contribution is 2.35. The smallest absolute Gasteiger partial charge is 0.338 e. The molecule has 0 radical (unpaired) electrons. The Morgan fingerprint density at radius 3 is 1.74 bits per heavy atom. The van der Waals surface area contributed by atoms with Gasteiger partial charge in [-0.2, -0.15) is 5.48 Å². The summed E-state index contributed by atoms with van der Waals surface area (Å²) in [5, 5.41) is 47.9. The molecule has 4 saturated heterocycles. The molecule has 4 heterocycles. The molecular weight excluding hydrogens is 878 g/mol. The summed E-state index contributed by atoms with van der Waals surface area (Å²) < 4.78 is 0. The third-order valence-corrected chi connectivity index (χ3v) is 11.6. The van der Waals surface area contributed by atoms with Crippen LogP contribution in [0.25, 0.3) is 0 Å². The third kappa shape index (κ3) is 17.0. The van der Waals surface area contributed by atoms with Gasteiger partial charge in [-0.1, -0.05) is 0 Å². The molecule has 0 aromatic heterocycles. The van der Waals surface area contributed by atoms with Gasteiger partial charge in [-0.3, -0.25) is 67.7 Å². The Hall–Kier alpha value is -6.23. The minimum atomic E-state index is -1.69. The van der Waals surface area contributed by atoms with Crippen LogP contribution in [0.5, 0.6) is 0 Å².